The minimum Gasteiger partial charge on any atom is -0.480 e. The van der Waals surface area contributed by atoms with E-state index in [0.717, 1.165) is 27.7 Å². The van der Waals surface area contributed by atoms with Crippen molar-refractivity contribution in [1.29, 1.82) is 0 Å². The number of fused-ring (bicyclic) bond motifs is 1. The Hall–Kier alpha value is -2.50. The van der Waals surface area contributed by atoms with Gasteiger partial charge in [-0.1, -0.05) is 12.1 Å². The second-order valence-electron chi connectivity index (χ2n) is 7.38. The van der Waals surface area contributed by atoms with Crippen molar-refractivity contribution in [2.24, 2.45) is 7.05 Å². The Bertz CT molecular complexity index is 815. The molecular formula is C19H26N2O4. The highest BCUT2D eigenvalue weighted by molar-refractivity contribution is 5.88. The number of benzene rings is 1. The Labute approximate surface area is 147 Å². The molecule has 1 aromatic heterocycles. The zero-order chi connectivity index (χ0) is 18.9. The number of nitrogens with zero attached hydrogens (tertiary/aromatic N) is 1. The second-order valence-corrected chi connectivity index (χ2v) is 7.38. The average molecular weight is 346 g/mol. The van der Waals surface area contributed by atoms with E-state index in [0.29, 0.717) is 0 Å². The molecule has 1 aromatic carbocycles. The minimum absolute atomic E-state index is 0.195. The molecule has 2 aromatic rings. The Morgan fingerprint density at radius 3 is 2.48 bits per heavy atom. The molecular weight excluding hydrogens is 320 g/mol. The maximum Gasteiger partial charge on any atom is 0.408 e. The van der Waals surface area contributed by atoms with E-state index < -0.39 is 23.7 Å². The van der Waals surface area contributed by atoms with E-state index in [1.165, 1.54) is 0 Å². The predicted molar refractivity (Wildman–Crippen MR) is 96.9 cm³/mol. The number of carboxylic acid groups (broad SMARTS) is 1. The van der Waals surface area contributed by atoms with E-state index in [-0.39, 0.29) is 6.42 Å². The van der Waals surface area contributed by atoms with E-state index in [9.17, 15) is 14.7 Å². The molecule has 6 nitrogen and oxygen atoms in total. The van der Waals surface area contributed by atoms with Crippen LogP contribution in [0.2, 0.25) is 0 Å². The highest BCUT2D eigenvalue weighted by Gasteiger charge is 2.26. The number of carbonyl (C=O) groups excluding carboxylic acids is 1. The fourth-order valence-corrected chi connectivity index (χ4v) is 2.86. The number of carboxylic acids is 1. The second kappa shape index (κ2) is 6.78. The Morgan fingerprint density at radius 1 is 1.28 bits per heavy atom. The van der Waals surface area contributed by atoms with Gasteiger partial charge in [0.15, 0.2) is 0 Å². The maximum absolute atomic E-state index is 12.0. The quantitative estimate of drug-likeness (QED) is 0.890. The first-order chi connectivity index (χ1) is 11.5. The normalized spacial score (nSPS) is 12.9. The molecule has 0 radical (unpaired) electrons. The molecule has 2 N–H and O–H groups in total. The van der Waals surface area contributed by atoms with Crippen molar-refractivity contribution in [3.8, 4) is 0 Å². The molecule has 136 valence electrons. The summed E-state index contributed by atoms with van der Waals surface area (Å²) in [5.74, 6) is -1.09. The number of aryl methyl sites for hydroxylation is 2. The number of amides is 1. The summed E-state index contributed by atoms with van der Waals surface area (Å²) in [7, 11) is 1.96. The third kappa shape index (κ3) is 4.32. The highest BCUT2D eigenvalue weighted by Crippen LogP contribution is 2.27. The van der Waals surface area contributed by atoms with Crippen LogP contribution in [0.15, 0.2) is 18.2 Å². The zero-order valence-electron chi connectivity index (χ0n) is 15.6. The third-order valence-electron chi connectivity index (χ3n) is 4.18. The fourth-order valence-electron chi connectivity index (χ4n) is 2.86. The lowest BCUT2D eigenvalue weighted by Gasteiger charge is -2.22. The molecule has 0 aliphatic heterocycles. The van der Waals surface area contributed by atoms with Crippen molar-refractivity contribution in [1.82, 2.24) is 9.88 Å². The summed E-state index contributed by atoms with van der Waals surface area (Å²) in [6.07, 6.45) is -0.533. The largest absolute Gasteiger partial charge is 0.480 e. The summed E-state index contributed by atoms with van der Waals surface area (Å²) in [6, 6.07) is 5.02. The number of nitrogens with one attached hydrogen (secondary N) is 1. The summed E-state index contributed by atoms with van der Waals surface area (Å²) < 4.78 is 7.22. The number of carbonyl (C=O) groups is 2. The Kier molecular flexibility index (Phi) is 5.11. The van der Waals surface area contributed by atoms with Gasteiger partial charge < -0.3 is 19.7 Å². The highest BCUT2D eigenvalue weighted by atomic mass is 16.6. The van der Waals surface area contributed by atoms with E-state index in [2.05, 4.69) is 11.4 Å². The van der Waals surface area contributed by atoms with Crippen molar-refractivity contribution in [2.75, 3.05) is 0 Å². The van der Waals surface area contributed by atoms with Crippen molar-refractivity contribution >= 4 is 23.0 Å². The summed E-state index contributed by atoms with van der Waals surface area (Å²) in [6.45, 7) is 9.18. The van der Waals surface area contributed by atoms with Gasteiger partial charge in [0.2, 0.25) is 0 Å². The van der Waals surface area contributed by atoms with E-state index in [1.54, 1.807) is 20.8 Å². The molecule has 0 aliphatic carbocycles. The summed E-state index contributed by atoms with van der Waals surface area (Å²) in [5, 5.41) is 13.0. The first kappa shape index (κ1) is 18.8. The molecule has 1 amide bonds. The van der Waals surface area contributed by atoms with E-state index >= 15 is 0 Å². The van der Waals surface area contributed by atoms with E-state index in [1.807, 2.05) is 37.6 Å². The summed E-state index contributed by atoms with van der Waals surface area (Å²) >= 11 is 0. The molecule has 0 saturated heterocycles. The lowest BCUT2D eigenvalue weighted by Crippen LogP contribution is -2.44. The molecule has 25 heavy (non-hydrogen) atoms. The van der Waals surface area contributed by atoms with Gasteiger partial charge in [0.1, 0.15) is 11.6 Å². The number of alkyl carbamates (subject to hydrolysis) is 1. The van der Waals surface area contributed by atoms with Crippen molar-refractivity contribution in [3.63, 3.8) is 0 Å². The molecule has 0 aliphatic rings. The van der Waals surface area contributed by atoms with Crippen molar-refractivity contribution in [3.05, 3.63) is 35.0 Å². The predicted octanol–water partition coefficient (Wildman–Crippen LogP) is 3.32. The lowest BCUT2D eigenvalue weighted by atomic mass is 10.0. The zero-order valence-corrected chi connectivity index (χ0v) is 15.6. The SMILES string of the molecule is Cc1ccc2c(CC(NC(=O)OC(C)(C)C)C(=O)O)c(C)n(C)c2c1. The first-order valence-electron chi connectivity index (χ1n) is 8.26. The number of aromatic nitrogens is 1. The number of hydrogen-bond acceptors (Lipinski definition) is 3. The van der Waals surface area contributed by atoms with Gasteiger partial charge in [0.05, 0.1) is 0 Å². The first-order valence-corrected chi connectivity index (χ1v) is 8.26. The van der Waals surface area contributed by atoms with Gasteiger partial charge in [-0.3, -0.25) is 0 Å². The Balaban J connectivity index is 2.32. The number of ether oxygens (including phenoxy) is 1. The molecule has 2 rings (SSSR count). The molecule has 1 heterocycles. The maximum atomic E-state index is 12.0. The monoisotopic (exact) mass is 346 g/mol. The fraction of sp³-hybridized carbons (Fsp3) is 0.474. The van der Waals surface area contributed by atoms with Gasteiger partial charge in [-0.25, -0.2) is 9.59 Å². The van der Waals surface area contributed by atoms with Crippen LogP contribution in [0.4, 0.5) is 4.79 Å². The molecule has 0 saturated carbocycles. The van der Waals surface area contributed by atoms with Gasteiger partial charge in [-0.15, -0.1) is 0 Å². The van der Waals surface area contributed by atoms with Crippen molar-refractivity contribution < 1.29 is 19.4 Å². The molecule has 1 atom stereocenters. The summed E-state index contributed by atoms with van der Waals surface area (Å²) in [5.41, 5.74) is 3.41. The Morgan fingerprint density at radius 2 is 1.92 bits per heavy atom. The van der Waals surface area contributed by atoms with Crippen LogP contribution in [0.3, 0.4) is 0 Å². The van der Waals surface area contributed by atoms with Crippen LogP contribution >= 0.6 is 0 Å². The average Bonchev–Trinajstić information content (AvgIpc) is 2.69. The number of rotatable bonds is 4. The molecule has 0 bridgehead atoms. The van der Waals surface area contributed by atoms with Crippen molar-refractivity contribution in [2.45, 2.75) is 52.7 Å². The van der Waals surface area contributed by atoms with Gasteiger partial charge in [0.25, 0.3) is 0 Å². The third-order valence-corrected chi connectivity index (χ3v) is 4.18. The van der Waals surface area contributed by atoms with Crippen LogP contribution in [-0.4, -0.2) is 33.4 Å². The molecule has 1 unspecified atom stereocenters. The van der Waals surface area contributed by atoms with Gasteiger partial charge >= 0.3 is 12.1 Å². The topological polar surface area (TPSA) is 80.6 Å². The minimum atomic E-state index is -1.09. The van der Waals surface area contributed by atoms with Crippen LogP contribution in [0.5, 0.6) is 0 Å². The van der Waals surface area contributed by atoms with Gasteiger partial charge in [0, 0.05) is 30.1 Å². The van der Waals surface area contributed by atoms with Crippen LogP contribution in [0, 0.1) is 13.8 Å². The molecule has 6 heteroatoms. The molecule has 0 spiro atoms. The smallest absolute Gasteiger partial charge is 0.408 e. The van der Waals surface area contributed by atoms with Crippen LogP contribution in [0.1, 0.15) is 37.6 Å². The summed E-state index contributed by atoms with van der Waals surface area (Å²) in [4.78, 5) is 23.6. The number of hydrogen-bond donors (Lipinski definition) is 2. The molecule has 0 fully saturated rings. The number of aliphatic carboxylic acids is 1. The van der Waals surface area contributed by atoms with E-state index in [4.69, 9.17) is 4.74 Å². The lowest BCUT2D eigenvalue weighted by molar-refractivity contribution is -0.139. The van der Waals surface area contributed by atoms with Crippen LogP contribution < -0.4 is 5.32 Å². The van der Waals surface area contributed by atoms with Crippen LogP contribution in [-0.2, 0) is 23.0 Å². The van der Waals surface area contributed by atoms with Gasteiger partial charge in [-0.05, 0) is 51.8 Å². The van der Waals surface area contributed by atoms with Crippen LogP contribution in [0.25, 0.3) is 10.9 Å². The van der Waals surface area contributed by atoms with Gasteiger partial charge in [-0.2, -0.15) is 0 Å². The standard InChI is InChI=1S/C19H26N2O4/c1-11-7-8-13-14(12(2)21(6)16(13)9-11)10-15(17(22)23)20-18(24)25-19(3,4)5/h7-9,15H,10H2,1-6H3,(H,20,24)(H,22,23).